The Morgan fingerprint density at radius 1 is 1.00 bits per heavy atom. The number of rotatable bonds is 3. The van der Waals surface area contributed by atoms with Crippen molar-refractivity contribution in [2.45, 2.75) is 71.0 Å². The van der Waals surface area contributed by atoms with E-state index in [9.17, 15) is 0 Å². The van der Waals surface area contributed by atoms with Crippen molar-refractivity contribution in [3.63, 3.8) is 0 Å². The highest BCUT2D eigenvalue weighted by atomic mass is 16.5. The zero-order valence-electron chi connectivity index (χ0n) is 12.0. The van der Waals surface area contributed by atoms with Crippen molar-refractivity contribution in [2.24, 2.45) is 0 Å². The van der Waals surface area contributed by atoms with E-state index in [1.54, 1.807) is 0 Å². The SMILES string of the molecule is CC(C)(C)c1ccc(COC2CCCCC2)cc1. The summed E-state index contributed by atoms with van der Waals surface area (Å²) >= 11 is 0. The Kier molecular flexibility index (Phi) is 4.45. The third-order valence-electron chi connectivity index (χ3n) is 3.86. The van der Waals surface area contributed by atoms with Crippen molar-refractivity contribution >= 4 is 0 Å². The van der Waals surface area contributed by atoms with Gasteiger partial charge in [-0.05, 0) is 29.4 Å². The van der Waals surface area contributed by atoms with Gasteiger partial charge in [0, 0.05) is 0 Å². The molecule has 0 heterocycles. The van der Waals surface area contributed by atoms with E-state index in [1.165, 1.54) is 43.2 Å². The first-order valence-corrected chi connectivity index (χ1v) is 7.27. The first-order chi connectivity index (χ1) is 8.55. The summed E-state index contributed by atoms with van der Waals surface area (Å²) in [6.07, 6.45) is 7.07. The Morgan fingerprint density at radius 2 is 1.61 bits per heavy atom. The lowest BCUT2D eigenvalue weighted by molar-refractivity contribution is 0.0168. The lowest BCUT2D eigenvalue weighted by atomic mass is 9.87. The summed E-state index contributed by atoms with van der Waals surface area (Å²) in [5, 5.41) is 0. The first kappa shape index (κ1) is 13.6. The monoisotopic (exact) mass is 246 g/mol. The molecular weight excluding hydrogens is 220 g/mol. The van der Waals surface area contributed by atoms with Gasteiger partial charge in [-0.3, -0.25) is 0 Å². The zero-order valence-corrected chi connectivity index (χ0v) is 12.0. The van der Waals surface area contributed by atoms with E-state index in [0.29, 0.717) is 6.10 Å². The van der Waals surface area contributed by atoms with Crippen LogP contribution < -0.4 is 0 Å². The van der Waals surface area contributed by atoms with Gasteiger partial charge in [-0.15, -0.1) is 0 Å². The average molecular weight is 246 g/mol. The molecule has 1 heteroatoms. The van der Waals surface area contributed by atoms with Gasteiger partial charge < -0.3 is 4.74 Å². The molecule has 0 spiro atoms. The van der Waals surface area contributed by atoms with E-state index in [2.05, 4.69) is 45.0 Å². The molecule has 1 aromatic carbocycles. The van der Waals surface area contributed by atoms with Gasteiger partial charge >= 0.3 is 0 Å². The van der Waals surface area contributed by atoms with Crippen LogP contribution in [0.4, 0.5) is 0 Å². The van der Waals surface area contributed by atoms with E-state index < -0.39 is 0 Å². The van der Waals surface area contributed by atoms with Gasteiger partial charge in [0.15, 0.2) is 0 Å². The first-order valence-electron chi connectivity index (χ1n) is 7.27. The number of ether oxygens (including phenoxy) is 1. The van der Waals surface area contributed by atoms with Crippen LogP contribution in [0.3, 0.4) is 0 Å². The minimum Gasteiger partial charge on any atom is -0.374 e. The topological polar surface area (TPSA) is 9.23 Å². The molecule has 0 bridgehead atoms. The molecule has 0 N–H and O–H groups in total. The van der Waals surface area contributed by atoms with Gasteiger partial charge in [-0.1, -0.05) is 64.3 Å². The van der Waals surface area contributed by atoms with Crippen LogP contribution in [0.15, 0.2) is 24.3 Å². The van der Waals surface area contributed by atoms with E-state index >= 15 is 0 Å². The molecule has 0 amide bonds. The molecule has 1 aliphatic carbocycles. The van der Waals surface area contributed by atoms with Gasteiger partial charge in [0.05, 0.1) is 12.7 Å². The van der Waals surface area contributed by atoms with Crippen molar-refractivity contribution < 1.29 is 4.74 Å². The quantitative estimate of drug-likeness (QED) is 0.742. The molecule has 18 heavy (non-hydrogen) atoms. The molecule has 2 rings (SSSR count). The standard InChI is InChI=1S/C17H26O/c1-17(2,3)15-11-9-14(10-12-15)13-18-16-7-5-4-6-8-16/h9-12,16H,4-8,13H2,1-3H3. The Hall–Kier alpha value is -0.820. The Morgan fingerprint density at radius 3 is 2.17 bits per heavy atom. The maximum absolute atomic E-state index is 5.99. The summed E-state index contributed by atoms with van der Waals surface area (Å²) in [4.78, 5) is 0. The Balaban J connectivity index is 1.86. The summed E-state index contributed by atoms with van der Waals surface area (Å²) in [6.45, 7) is 7.52. The van der Waals surface area contributed by atoms with Crippen LogP contribution in [-0.4, -0.2) is 6.10 Å². The lowest BCUT2D eigenvalue weighted by Crippen LogP contribution is -2.16. The van der Waals surface area contributed by atoms with Crippen LogP contribution in [-0.2, 0) is 16.8 Å². The van der Waals surface area contributed by atoms with Gasteiger partial charge in [-0.25, -0.2) is 0 Å². The fraction of sp³-hybridized carbons (Fsp3) is 0.647. The maximum atomic E-state index is 5.99. The molecular formula is C17H26O. The second kappa shape index (κ2) is 5.88. The third-order valence-corrected chi connectivity index (χ3v) is 3.86. The van der Waals surface area contributed by atoms with E-state index in [0.717, 1.165) is 6.61 Å². The number of hydrogen-bond donors (Lipinski definition) is 0. The van der Waals surface area contributed by atoms with Crippen LogP contribution in [0.25, 0.3) is 0 Å². The fourth-order valence-electron chi connectivity index (χ4n) is 2.55. The van der Waals surface area contributed by atoms with Crippen LogP contribution in [0.2, 0.25) is 0 Å². The molecule has 1 saturated carbocycles. The summed E-state index contributed by atoms with van der Waals surface area (Å²) in [5.74, 6) is 0. The second-order valence-corrected chi connectivity index (χ2v) is 6.52. The predicted molar refractivity (Wildman–Crippen MR) is 76.8 cm³/mol. The minimum absolute atomic E-state index is 0.239. The van der Waals surface area contributed by atoms with E-state index in [-0.39, 0.29) is 5.41 Å². The van der Waals surface area contributed by atoms with E-state index in [4.69, 9.17) is 4.74 Å². The average Bonchev–Trinajstić information content (AvgIpc) is 2.37. The molecule has 0 aliphatic heterocycles. The highest BCUT2D eigenvalue weighted by Gasteiger charge is 2.15. The van der Waals surface area contributed by atoms with Gasteiger partial charge in [0.2, 0.25) is 0 Å². The smallest absolute Gasteiger partial charge is 0.0720 e. The van der Waals surface area contributed by atoms with Gasteiger partial charge in [0.1, 0.15) is 0 Å². The van der Waals surface area contributed by atoms with Gasteiger partial charge in [-0.2, -0.15) is 0 Å². The number of hydrogen-bond acceptors (Lipinski definition) is 1. The van der Waals surface area contributed by atoms with Crippen LogP contribution >= 0.6 is 0 Å². The van der Waals surface area contributed by atoms with Crippen molar-refractivity contribution in [1.29, 1.82) is 0 Å². The van der Waals surface area contributed by atoms with Crippen molar-refractivity contribution in [3.05, 3.63) is 35.4 Å². The molecule has 1 aromatic rings. The van der Waals surface area contributed by atoms with Crippen molar-refractivity contribution in [3.8, 4) is 0 Å². The van der Waals surface area contributed by atoms with E-state index in [1.807, 2.05) is 0 Å². The highest BCUT2D eigenvalue weighted by Crippen LogP contribution is 2.24. The molecule has 1 aliphatic rings. The molecule has 0 saturated heterocycles. The van der Waals surface area contributed by atoms with Crippen LogP contribution in [0.1, 0.15) is 64.0 Å². The maximum Gasteiger partial charge on any atom is 0.0720 e. The molecule has 1 nitrogen and oxygen atoms in total. The summed E-state index contributed by atoms with van der Waals surface area (Å²) in [7, 11) is 0. The normalized spacial score (nSPS) is 17.9. The lowest BCUT2D eigenvalue weighted by Gasteiger charge is -2.22. The van der Waals surface area contributed by atoms with Crippen LogP contribution in [0, 0.1) is 0 Å². The second-order valence-electron chi connectivity index (χ2n) is 6.52. The summed E-state index contributed by atoms with van der Waals surface area (Å²) in [5.41, 5.74) is 2.93. The highest BCUT2D eigenvalue weighted by molar-refractivity contribution is 5.27. The molecule has 0 aromatic heterocycles. The molecule has 0 radical (unpaired) electrons. The number of benzene rings is 1. The summed E-state index contributed by atoms with van der Waals surface area (Å²) < 4.78 is 5.99. The van der Waals surface area contributed by atoms with Gasteiger partial charge in [0.25, 0.3) is 0 Å². The molecule has 0 atom stereocenters. The predicted octanol–water partition coefficient (Wildman–Crippen LogP) is 4.83. The largest absolute Gasteiger partial charge is 0.374 e. The third kappa shape index (κ3) is 3.84. The van der Waals surface area contributed by atoms with Crippen LogP contribution in [0.5, 0.6) is 0 Å². The molecule has 0 unspecified atom stereocenters. The Bertz CT molecular complexity index is 352. The Labute approximate surface area is 112 Å². The van der Waals surface area contributed by atoms with Crippen molar-refractivity contribution in [2.75, 3.05) is 0 Å². The summed E-state index contributed by atoms with van der Waals surface area (Å²) in [6, 6.07) is 8.89. The fourth-order valence-corrected chi connectivity index (χ4v) is 2.55. The van der Waals surface area contributed by atoms with Crippen molar-refractivity contribution in [1.82, 2.24) is 0 Å². The molecule has 100 valence electrons. The minimum atomic E-state index is 0.239. The zero-order chi connectivity index (χ0) is 13.0. The molecule has 1 fully saturated rings.